The number of anilines is 1. The lowest BCUT2D eigenvalue weighted by Crippen LogP contribution is -2.36. The molecule has 2 N–H and O–H groups in total. The molecule has 2 aromatic carbocycles. The van der Waals surface area contributed by atoms with E-state index in [1.165, 1.54) is 30.7 Å². The normalized spacial score (nSPS) is 14.5. The van der Waals surface area contributed by atoms with Crippen LogP contribution in [0.25, 0.3) is 0 Å². The Morgan fingerprint density at radius 1 is 1.03 bits per heavy atom. The number of likely N-dealkylation sites (tertiary alicyclic amines) is 1. The summed E-state index contributed by atoms with van der Waals surface area (Å²) in [4.78, 5) is 27.4. The van der Waals surface area contributed by atoms with Crippen LogP contribution < -0.4 is 15.4 Å². The molecule has 1 fully saturated rings. The Kier molecular flexibility index (Phi) is 8.92. The van der Waals surface area contributed by atoms with Crippen LogP contribution >= 0.6 is 0 Å². The third-order valence-electron chi connectivity index (χ3n) is 5.55. The monoisotopic (exact) mass is 477 g/mol. The molecule has 184 valence electrons. The van der Waals surface area contributed by atoms with Crippen molar-refractivity contribution in [3.05, 3.63) is 53.6 Å². The predicted molar refractivity (Wildman–Crippen MR) is 124 cm³/mol. The summed E-state index contributed by atoms with van der Waals surface area (Å²) in [7, 11) is 0. The summed E-state index contributed by atoms with van der Waals surface area (Å²) in [6, 6.07) is 8.91. The first-order valence-electron chi connectivity index (χ1n) is 11.6. The third kappa shape index (κ3) is 7.48. The number of nitrogens with one attached hydrogen (secondary N) is 2. The molecule has 6 nitrogen and oxygen atoms in total. The number of carbonyl (C=O) groups excluding carboxylic acids is 2. The maximum atomic E-state index is 12.8. The first-order chi connectivity index (χ1) is 16.3. The first-order valence-corrected chi connectivity index (χ1v) is 11.6. The summed E-state index contributed by atoms with van der Waals surface area (Å²) >= 11 is 0. The van der Waals surface area contributed by atoms with Crippen LogP contribution in [0.4, 0.5) is 18.9 Å². The van der Waals surface area contributed by atoms with Gasteiger partial charge in [-0.25, -0.2) is 0 Å². The zero-order chi connectivity index (χ0) is 24.6. The van der Waals surface area contributed by atoms with Gasteiger partial charge in [0.1, 0.15) is 11.5 Å². The Balaban J connectivity index is 1.76. The molecule has 34 heavy (non-hydrogen) atoms. The molecule has 0 aliphatic carbocycles. The zero-order valence-electron chi connectivity index (χ0n) is 19.2. The lowest BCUT2D eigenvalue weighted by atomic mass is 10.1. The molecule has 0 spiro atoms. The fourth-order valence-electron chi connectivity index (χ4n) is 3.71. The standard InChI is InChI=1S/C25H30F3N3O3/c1-2-3-13-29-24(33)21-16-19(30-23(32)17-31-14-5-4-6-15-31)9-12-22(21)34-20-10-7-18(8-11-20)25(26,27)28/h7-12,16H,2-6,13-15,17H2,1H3,(H,29,33)(H,30,32). The number of unbranched alkanes of at least 4 members (excludes halogenated alkanes) is 1. The molecule has 0 atom stereocenters. The molecule has 0 aromatic heterocycles. The average Bonchev–Trinajstić information content (AvgIpc) is 2.80. The number of rotatable bonds is 9. The van der Waals surface area contributed by atoms with Crippen molar-refractivity contribution in [3.8, 4) is 11.5 Å². The second-order valence-corrected chi connectivity index (χ2v) is 8.33. The van der Waals surface area contributed by atoms with Gasteiger partial charge in [0.05, 0.1) is 17.7 Å². The van der Waals surface area contributed by atoms with Crippen molar-refractivity contribution in [2.45, 2.75) is 45.2 Å². The number of hydrogen-bond donors (Lipinski definition) is 2. The second kappa shape index (κ2) is 11.9. The molecule has 0 saturated carbocycles. The highest BCUT2D eigenvalue weighted by Gasteiger charge is 2.30. The Hall–Kier alpha value is -3.07. The Morgan fingerprint density at radius 3 is 2.38 bits per heavy atom. The minimum atomic E-state index is -4.45. The van der Waals surface area contributed by atoms with E-state index in [9.17, 15) is 22.8 Å². The summed E-state index contributed by atoms with van der Waals surface area (Å²) < 4.78 is 44.2. The minimum absolute atomic E-state index is 0.164. The van der Waals surface area contributed by atoms with Crippen LogP contribution in [0.3, 0.4) is 0 Å². The predicted octanol–water partition coefficient (Wildman–Crippen LogP) is 5.45. The minimum Gasteiger partial charge on any atom is -0.457 e. The molecule has 2 aromatic rings. The van der Waals surface area contributed by atoms with Gasteiger partial charge >= 0.3 is 6.18 Å². The van der Waals surface area contributed by atoms with Gasteiger partial charge in [0, 0.05) is 12.2 Å². The van der Waals surface area contributed by atoms with Crippen molar-refractivity contribution in [2.24, 2.45) is 0 Å². The van der Waals surface area contributed by atoms with Gasteiger partial charge in [-0.05, 0) is 74.8 Å². The number of ether oxygens (including phenoxy) is 1. The maximum Gasteiger partial charge on any atom is 0.416 e. The molecule has 1 heterocycles. The average molecular weight is 478 g/mol. The topological polar surface area (TPSA) is 70.7 Å². The van der Waals surface area contributed by atoms with Gasteiger partial charge in [0.15, 0.2) is 0 Å². The zero-order valence-corrected chi connectivity index (χ0v) is 19.2. The van der Waals surface area contributed by atoms with E-state index in [0.717, 1.165) is 50.9 Å². The fourth-order valence-corrected chi connectivity index (χ4v) is 3.71. The quantitative estimate of drug-likeness (QED) is 0.471. The number of nitrogens with zero attached hydrogens (tertiary/aromatic N) is 1. The van der Waals surface area contributed by atoms with Crippen LogP contribution in [0.5, 0.6) is 11.5 Å². The number of hydrogen-bond acceptors (Lipinski definition) is 4. The van der Waals surface area contributed by atoms with E-state index >= 15 is 0 Å². The largest absolute Gasteiger partial charge is 0.457 e. The van der Waals surface area contributed by atoms with Crippen LogP contribution in [0.1, 0.15) is 54.9 Å². The van der Waals surface area contributed by atoms with E-state index < -0.39 is 11.7 Å². The molecule has 2 amide bonds. The fraction of sp³-hybridized carbons (Fsp3) is 0.440. The van der Waals surface area contributed by atoms with E-state index in [1.54, 1.807) is 6.07 Å². The molecular formula is C25H30F3N3O3. The van der Waals surface area contributed by atoms with Gasteiger partial charge in [-0.1, -0.05) is 19.8 Å². The molecule has 1 aliphatic rings. The summed E-state index contributed by atoms with van der Waals surface area (Å²) in [5, 5.41) is 5.64. The Labute approximate surface area is 197 Å². The number of alkyl halides is 3. The number of halogens is 3. The highest BCUT2D eigenvalue weighted by molar-refractivity contribution is 5.99. The first kappa shape index (κ1) is 25.6. The lowest BCUT2D eigenvalue weighted by Gasteiger charge is -2.25. The molecule has 1 saturated heterocycles. The van der Waals surface area contributed by atoms with Crippen LogP contribution in [0.15, 0.2) is 42.5 Å². The molecule has 9 heteroatoms. The van der Waals surface area contributed by atoms with Crippen molar-refractivity contribution < 1.29 is 27.5 Å². The van der Waals surface area contributed by atoms with Crippen LogP contribution in [-0.4, -0.2) is 42.9 Å². The highest BCUT2D eigenvalue weighted by Crippen LogP contribution is 2.33. The van der Waals surface area contributed by atoms with Crippen molar-refractivity contribution in [1.29, 1.82) is 0 Å². The summed E-state index contributed by atoms with van der Waals surface area (Å²) in [6.45, 7) is 4.53. The Bertz CT molecular complexity index is 972. The maximum absolute atomic E-state index is 12.8. The molecule has 0 bridgehead atoms. The smallest absolute Gasteiger partial charge is 0.416 e. The van der Waals surface area contributed by atoms with Gasteiger partial charge in [-0.2, -0.15) is 13.2 Å². The molecule has 0 unspecified atom stereocenters. The number of amides is 2. The summed E-state index contributed by atoms with van der Waals surface area (Å²) in [5.74, 6) is -0.210. The van der Waals surface area contributed by atoms with E-state index in [2.05, 4.69) is 15.5 Å². The van der Waals surface area contributed by atoms with Gasteiger partial charge in [-0.3, -0.25) is 14.5 Å². The molecular weight excluding hydrogens is 447 g/mol. The summed E-state index contributed by atoms with van der Waals surface area (Å²) in [5.41, 5.74) is -0.154. The van der Waals surface area contributed by atoms with Crippen molar-refractivity contribution in [3.63, 3.8) is 0 Å². The van der Waals surface area contributed by atoms with E-state index in [-0.39, 0.29) is 35.4 Å². The molecule has 3 rings (SSSR count). The molecule has 0 radical (unpaired) electrons. The SMILES string of the molecule is CCCCNC(=O)c1cc(NC(=O)CN2CCCCC2)ccc1Oc1ccc(C(F)(F)F)cc1. The van der Waals surface area contributed by atoms with Gasteiger partial charge in [0.2, 0.25) is 5.91 Å². The number of carbonyl (C=O) groups is 2. The van der Waals surface area contributed by atoms with Crippen molar-refractivity contribution >= 4 is 17.5 Å². The number of benzene rings is 2. The van der Waals surface area contributed by atoms with Crippen LogP contribution in [-0.2, 0) is 11.0 Å². The van der Waals surface area contributed by atoms with Crippen LogP contribution in [0, 0.1) is 0 Å². The summed E-state index contributed by atoms with van der Waals surface area (Å²) in [6.07, 6.45) is 0.581. The van der Waals surface area contributed by atoms with Crippen molar-refractivity contribution in [1.82, 2.24) is 10.2 Å². The van der Waals surface area contributed by atoms with Gasteiger partial charge in [-0.15, -0.1) is 0 Å². The molecule has 1 aliphatic heterocycles. The highest BCUT2D eigenvalue weighted by atomic mass is 19.4. The van der Waals surface area contributed by atoms with E-state index in [1.807, 2.05) is 6.92 Å². The van der Waals surface area contributed by atoms with Gasteiger partial charge in [0.25, 0.3) is 5.91 Å². The number of piperidine rings is 1. The Morgan fingerprint density at radius 2 is 1.74 bits per heavy atom. The third-order valence-corrected chi connectivity index (χ3v) is 5.55. The second-order valence-electron chi connectivity index (χ2n) is 8.33. The van der Waals surface area contributed by atoms with E-state index in [0.29, 0.717) is 12.2 Å². The van der Waals surface area contributed by atoms with Crippen molar-refractivity contribution in [2.75, 3.05) is 31.5 Å². The lowest BCUT2D eigenvalue weighted by molar-refractivity contribution is -0.137. The van der Waals surface area contributed by atoms with Gasteiger partial charge < -0.3 is 15.4 Å². The van der Waals surface area contributed by atoms with Crippen LogP contribution in [0.2, 0.25) is 0 Å². The van der Waals surface area contributed by atoms with E-state index in [4.69, 9.17) is 4.74 Å².